The van der Waals surface area contributed by atoms with Gasteiger partial charge in [0.15, 0.2) is 5.16 Å². The molecule has 2 N–H and O–H groups in total. The number of carbonyl (C=O) groups excluding carboxylic acids is 1. The van der Waals surface area contributed by atoms with Crippen LogP contribution in [-0.4, -0.2) is 33.9 Å². The fourth-order valence-corrected chi connectivity index (χ4v) is 4.51. The molecule has 0 radical (unpaired) electrons. The number of fused-ring (bicyclic) bond motifs is 3. The number of thiophene rings is 1. The van der Waals surface area contributed by atoms with Gasteiger partial charge in [-0.2, -0.15) is 0 Å². The molecule has 2 aromatic heterocycles. The highest BCUT2D eigenvalue weighted by molar-refractivity contribution is 7.99. The number of esters is 1. The minimum atomic E-state index is -0.276. The molecule has 2 aromatic rings. The maximum atomic E-state index is 11.5. The molecular formula is C16H21N3O3S2. The lowest BCUT2D eigenvalue weighted by Crippen LogP contribution is -2.33. The number of hydrogen-bond donors (Lipinski definition) is 1. The van der Waals surface area contributed by atoms with Crippen molar-refractivity contribution in [2.24, 2.45) is 0 Å². The van der Waals surface area contributed by atoms with E-state index in [4.69, 9.17) is 15.2 Å². The van der Waals surface area contributed by atoms with Gasteiger partial charge >= 0.3 is 5.97 Å². The van der Waals surface area contributed by atoms with Crippen molar-refractivity contribution in [1.29, 1.82) is 0 Å². The largest absolute Gasteiger partial charge is 0.465 e. The number of hydrogen-bond acceptors (Lipinski definition) is 8. The SMILES string of the molecule is CCOC(=O)CSc1nc(N)c2c3c(sc2n1)CO[C@@](C)(CC)C3. The fraction of sp³-hybridized carbons (Fsp3) is 0.562. The van der Waals surface area contributed by atoms with Gasteiger partial charge in [0.25, 0.3) is 0 Å². The summed E-state index contributed by atoms with van der Waals surface area (Å²) in [5, 5.41) is 1.45. The van der Waals surface area contributed by atoms with E-state index < -0.39 is 0 Å². The van der Waals surface area contributed by atoms with Crippen LogP contribution >= 0.6 is 23.1 Å². The first kappa shape index (κ1) is 17.4. The number of thioether (sulfide) groups is 1. The van der Waals surface area contributed by atoms with E-state index in [1.54, 1.807) is 18.3 Å². The average Bonchev–Trinajstić information content (AvgIpc) is 2.91. The molecule has 6 nitrogen and oxygen atoms in total. The van der Waals surface area contributed by atoms with E-state index in [0.29, 0.717) is 24.2 Å². The van der Waals surface area contributed by atoms with Crippen LogP contribution in [0.15, 0.2) is 5.16 Å². The zero-order valence-corrected chi connectivity index (χ0v) is 15.7. The number of carbonyl (C=O) groups is 1. The molecule has 0 amide bonds. The Morgan fingerprint density at radius 2 is 2.25 bits per heavy atom. The maximum absolute atomic E-state index is 11.5. The van der Waals surface area contributed by atoms with Gasteiger partial charge in [-0.25, -0.2) is 9.97 Å². The van der Waals surface area contributed by atoms with Crippen LogP contribution in [0, 0.1) is 0 Å². The molecule has 0 aliphatic carbocycles. The van der Waals surface area contributed by atoms with Gasteiger partial charge in [-0.3, -0.25) is 4.79 Å². The smallest absolute Gasteiger partial charge is 0.316 e. The first-order valence-corrected chi connectivity index (χ1v) is 9.76. The van der Waals surface area contributed by atoms with Crippen LogP contribution in [0.1, 0.15) is 37.6 Å². The summed E-state index contributed by atoms with van der Waals surface area (Å²) >= 11 is 2.84. The lowest BCUT2D eigenvalue weighted by Gasteiger charge is -2.33. The fourth-order valence-electron chi connectivity index (χ4n) is 2.70. The Kier molecular flexibility index (Phi) is 4.98. The van der Waals surface area contributed by atoms with E-state index in [1.807, 2.05) is 0 Å². The van der Waals surface area contributed by atoms with E-state index in [2.05, 4.69) is 23.8 Å². The van der Waals surface area contributed by atoms with Gasteiger partial charge in [-0.1, -0.05) is 18.7 Å². The highest BCUT2D eigenvalue weighted by Crippen LogP contribution is 2.41. The molecule has 1 aliphatic heterocycles. The third kappa shape index (κ3) is 3.36. The average molecular weight is 367 g/mol. The zero-order valence-electron chi connectivity index (χ0n) is 14.0. The van der Waals surface area contributed by atoms with Gasteiger partial charge in [0, 0.05) is 11.3 Å². The molecule has 0 bridgehead atoms. The van der Waals surface area contributed by atoms with Gasteiger partial charge in [0.2, 0.25) is 0 Å². The Balaban J connectivity index is 1.90. The Bertz CT molecular complexity index is 778. The molecule has 3 heterocycles. The van der Waals surface area contributed by atoms with Crippen molar-refractivity contribution >= 4 is 45.1 Å². The topological polar surface area (TPSA) is 87.3 Å². The zero-order chi connectivity index (χ0) is 17.3. The van der Waals surface area contributed by atoms with Crippen molar-refractivity contribution in [3.63, 3.8) is 0 Å². The maximum Gasteiger partial charge on any atom is 0.316 e. The van der Waals surface area contributed by atoms with Crippen LogP contribution in [-0.2, 0) is 27.3 Å². The summed E-state index contributed by atoms with van der Waals surface area (Å²) < 4.78 is 10.9. The van der Waals surface area contributed by atoms with Crippen molar-refractivity contribution in [2.75, 3.05) is 18.1 Å². The summed E-state index contributed by atoms with van der Waals surface area (Å²) in [5.74, 6) is 0.382. The summed E-state index contributed by atoms with van der Waals surface area (Å²) in [6.07, 6.45) is 1.76. The molecule has 0 fully saturated rings. The van der Waals surface area contributed by atoms with Gasteiger partial charge in [0.05, 0.1) is 30.0 Å². The van der Waals surface area contributed by atoms with Crippen LogP contribution < -0.4 is 5.73 Å². The van der Waals surface area contributed by atoms with Crippen molar-refractivity contribution in [2.45, 2.75) is 51.0 Å². The highest BCUT2D eigenvalue weighted by Gasteiger charge is 2.33. The van der Waals surface area contributed by atoms with Crippen molar-refractivity contribution < 1.29 is 14.3 Å². The highest BCUT2D eigenvalue weighted by atomic mass is 32.2. The van der Waals surface area contributed by atoms with Crippen molar-refractivity contribution in [3.8, 4) is 0 Å². The van der Waals surface area contributed by atoms with Crippen molar-refractivity contribution in [1.82, 2.24) is 9.97 Å². The number of nitrogen functional groups attached to an aromatic ring is 1. The Morgan fingerprint density at radius 1 is 1.46 bits per heavy atom. The second kappa shape index (κ2) is 6.85. The standard InChI is InChI=1S/C16H21N3O3S2/c1-4-16(3)6-9-10(7-22-16)24-14-12(9)13(17)18-15(19-14)23-8-11(20)21-5-2/h4-8H2,1-3H3,(H2,17,18,19)/t16-/m0/s1. The minimum Gasteiger partial charge on any atom is -0.465 e. The van der Waals surface area contributed by atoms with E-state index in [-0.39, 0.29) is 17.3 Å². The van der Waals surface area contributed by atoms with Gasteiger partial charge in [-0.15, -0.1) is 11.3 Å². The Morgan fingerprint density at radius 3 is 2.96 bits per heavy atom. The summed E-state index contributed by atoms with van der Waals surface area (Å²) in [5.41, 5.74) is 7.26. The first-order chi connectivity index (χ1) is 11.5. The summed E-state index contributed by atoms with van der Waals surface area (Å²) in [6, 6.07) is 0. The number of nitrogens with two attached hydrogens (primary N) is 1. The number of anilines is 1. The van der Waals surface area contributed by atoms with Crippen LogP contribution in [0.25, 0.3) is 10.2 Å². The van der Waals surface area contributed by atoms with Crippen LogP contribution in [0.2, 0.25) is 0 Å². The van der Waals surface area contributed by atoms with Gasteiger partial charge in [0.1, 0.15) is 10.6 Å². The normalized spacial score (nSPS) is 20.1. The van der Waals surface area contributed by atoms with Crippen molar-refractivity contribution in [3.05, 3.63) is 10.4 Å². The van der Waals surface area contributed by atoms with Crippen LogP contribution in [0.3, 0.4) is 0 Å². The molecule has 1 atom stereocenters. The molecule has 8 heteroatoms. The second-order valence-corrected chi connectivity index (χ2v) is 7.96. The van der Waals surface area contributed by atoms with E-state index in [0.717, 1.165) is 23.1 Å². The first-order valence-electron chi connectivity index (χ1n) is 7.96. The number of nitrogens with zero attached hydrogens (tertiary/aromatic N) is 2. The van der Waals surface area contributed by atoms with E-state index in [9.17, 15) is 4.79 Å². The predicted octanol–water partition coefficient (Wildman–Crippen LogP) is 3.17. The molecule has 0 saturated heterocycles. The third-order valence-electron chi connectivity index (χ3n) is 4.22. The second-order valence-electron chi connectivity index (χ2n) is 5.94. The molecule has 1 aliphatic rings. The molecular weight excluding hydrogens is 346 g/mol. The quantitative estimate of drug-likeness (QED) is 0.493. The predicted molar refractivity (Wildman–Crippen MR) is 96.4 cm³/mol. The lowest BCUT2D eigenvalue weighted by molar-refractivity contribution is -0.139. The monoisotopic (exact) mass is 367 g/mol. The van der Waals surface area contributed by atoms with Crippen LogP contribution in [0.4, 0.5) is 5.82 Å². The van der Waals surface area contributed by atoms with E-state index >= 15 is 0 Å². The summed E-state index contributed by atoms with van der Waals surface area (Å²) in [4.78, 5) is 22.5. The molecule has 0 unspecified atom stereocenters. The number of ether oxygens (including phenoxy) is 2. The Hall–Kier alpha value is -1.38. The third-order valence-corrected chi connectivity index (χ3v) is 6.14. The molecule has 0 saturated carbocycles. The number of aromatic nitrogens is 2. The van der Waals surface area contributed by atoms with E-state index in [1.165, 1.54) is 22.2 Å². The number of rotatable bonds is 5. The van der Waals surface area contributed by atoms with Gasteiger partial charge in [-0.05, 0) is 25.8 Å². The minimum absolute atomic E-state index is 0.162. The molecule has 24 heavy (non-hydrogen) atoms. The lowest BCUT2D eigenvalue weighted by atomic mass is 9.90. The van der Waals surface area contributed by atoms with Gasteiger partial charge < -0.3 is 15.2 Å². The molecule has 3 rings (SSSR count). The summed E-state index contributed by atoms with van der Waals surface area (Å²) in [7, 11) is 0. The summed E-state index contributed by atoms with van der Waals surface area (Å²) in [6.45, 7) is 7.00. The molecule has 130 valence electrons. The molecule has 0 spiro atoms. The van der Waals surface area contributed by atoms with Crippen LogP contribution in [0.5, 0.6) is 0 Å². The molecule has 0 aromatic carbocycles. The Labute approximate surface area is 149 Å².